The van der Waals surface area contributed by atoms with Crippen molar-refractivity contribution < 1.29 is 9.52 Å². The van der Waals surface area contributed by atoms with E-state index in [0.29, 0.717) is 9.75 Å². The van der Waals surface area contributed by atoms with Crippen molar-refractivity contribution in [2.75, 3.05) is 0 Å². The Labute approximate surface area is 161 Å². The van der Waals surface area contributed by atoms with Gasteiger partial charge in [0.15, 0.2) is 6.20 Å². The van der Waals surface area contributed by atoms with Gasteiger partial charge in [-0.1, -0.05) is 41.9 Å². The van der Waals surface area contributed by atoms with Crippen LogP contribution in [0.5, 0.6) is 0 Å². The molecular weight excluding hydrogens is 360 g/mol. The number of ketones is 1. The first kappa shape index (κ1) is 17.3. The fraction of sp³-hybridized carbons (Fsp3) is 0.0909. The molecule has 0 bridgehead atoms. The smallest absolute Gasteiger partial charge is 0.259 e. The highest BCUT2D eigenvalue weighted by atomic mass is 35.5. The van der Waals surface area contributed by atoms with E-state index in [0.717, 1.165) is 22.0 Å². The van der Waals surface area contributed by atoms with Crippen LogP contribution < -0.4 is 4.73 Å². The minimum atomic E-state index is -0.198. The first-order chi connectivity index (χ1) is 13.1. The maximum Gasteiger partial charge on any atom is 0.259 e. The van der Waals surface area contributed by atoms with E-state index in [4.69, 9.17) is 11.6 Å². The largest absolute Gasteiger partial charge is 0.618 e. The second-order valence-corrected chi connectivity index (χ2v) is 6.87. The van der Waals surface area contributed by atoms with Crippen LogP contribution in [0.1, 0.15) is 34.0 Å². The second-order valence-electron chi connectivity index (χ2n) is 6.43. The average molecular weight is 377 g/mol. The number of Topliss-reactive ketones (excluding diaryl/α,β-unsaturated/α-hetero) is 1. The molecular formula is C22H17ClN2O2. The van der Waals surface area contributed by atoms with Gasteiger partial charge < -0.3 is 10.2 Å². The molecule has 0 aliphatic carbocycles. The summed E-state index contributed by atoms with van der Waals surface area (Å²) in [5.41, 5.74) is 3.16. The Hall–Kier alpha value is -3.11. The number of rotatable bonds is 5. The van der Waals surface area contributed by atoms with Gasteiger partial charge in [-0.15, -0.1) is 0 Å². The van der Waals surface area contributed by atoms with Crippen LogP contribution in [0, 0.1) is 5.21 Å². The summed E-state index contributed by atoms with van der Waals surface area (Å²) in [7, 11) is 0. The topological polar surface area (TPSA) is 59.8 Å². The summed E-state index contributed by atoms with van der Waals surface area (Å²) in [4.78, 5) is 16.2. The highest BCUT2D eigenvalue weighted by molar-refractivity contribution is 6.30. The molecule has 4 rings (SSSR count). The molecule has 4 aromatic rings. The van der Waals surface area contributed by atoms with E-state index in [1.807, 2.05) is 54.7 Å². The number of carbonyl (C=O) groups excluding carboxylic acids is 1. The Bertz CT molecular complexity index is 1100. The lowest BCUT2D eigenvalue weighted by atomic mass is 9.86. The van der Waals surface area contributed by atoms with Crippen molar-refractivity contribution in [2.45, 2.75) is 12.3 Å². The number of hydrogen-bond donors (Lipinski definition) is 1. The van der Waals surface area contributed by atoms with E-state index in [-0.39, 0.29) is 23.8 Å². The van der Waals surface area contributed by atoms with Gasteiger partial charge in [-0.25, -0.2) is 0 Å². The molecule has 1 N–H and O–H groups in total. The van der Waals surface area contributed by atoms with Gasteiger partial charge in [-0.2, -0.15) is 4.73 Å². The Morgan fingerprint density at radius 3 is 2.56 bits per heavy atom. The van der Waals surface area contributed by atoms with E-state index in [2.05, 4.69) is 4.98 Å². The first-order valence-electron chi connectivity index (χ1n) is 8.66. The molecule has 2 aromatic carbocycles. The lowest BCUT2D eigenvalue weighted by Gasteiger charge is -2.16. The molecule has 0 aliphatic rings. The number of nitrogens with one attached hydrogen (secondary N) is 1. The Morgan fingerprint density at radius 2 is 1.78 bits per heavy atom. The van der Waals surface area contributed by atoms with Crippen molar-refractivity contribution in [1.82, 2.24) is 4.98 Å². The van der Waals surface area contributed by atoms with Crippen molar-refractivity contribution in [3.63, 3.8) is 0 Å². The minimum absolute atomic E-state index is 0.149. The zero-order valence-corrected chi connectivity index (χ0v) is 15.2. The molecule has 0 radical (unpaired) electrons. The quantitative estimate of drug-likeness (QED) is 0.307. The third-order valence-electron chi connectivity index (χ3n) is 4.77. The summed E-state index contributed by atoms with van der Waals surface area (Å²) in [6, 6.07) is 20.3. The first-order valence-corrected chi connectivity index (χ1v) is 9.04. The molecule has 0 unspecified atom stereocenters. The molecule has 0 fully saturated rings. The molecule has 2 heterocycles. The van der Waals surface area contributed by atoms with E-state index >= 15 is 0 Å². The number of pyridine rings is 1. The number of H-pyrrole nitrogens is 1. The molecule has 4 nitrogen and oxygen atoms in total. The monoisotopic (exact) mass is 376 g/mol. The van der Waals surface area contributed by atoms with Crippen LogP contribution in [0.2, 0.25) is 5.02 Å². The van der Waals surface area contributed by atoms with Gasteiger partial charge in [0.25, 0.3) is 5.69 Å². The Kier molecular flexibility index (Phi) is 4.65. The molecule has 0 saturated carbocycles. The number of nitrogens with zero attached hydrogens (tertiary/aromatic N) is 1. The van der Waals surface area contributed by atoms with Crippen molar-refractivity contribution >= 4 is 28.3 Å². The van der Waals surface area contributed by atoms with Gasteiger partial charge in [0.05, 0.1) is 0 Å². The predicted molar refractivity (Wildman–Crippen MR) is 106 cm³/mol. The number of aromatic amines is 1. The number of benzene rings is 2. The van der Waals surface area contributed by atoms with Gasteiger partial charge in [0.2, 0.25) is 5.78 Å². The molecule has 134 valence electrons. The third kappa shape index (κ3) is 3.44. The molecule has 0 aliphatic heterocycles. The SMILES string of the molecule is O=C(C[C@H](c1ccc(Cl)cc1)c1c[nH]c2ccccc12)c1cccc[n+]1[O-]. The number of hydrogen-bond acceptors (Lipinski definition) is 2. The van der Waals surface area contributed by atoms with Crippen LogP contribution in [0.4, 0.5) is 0 Å². The number of aromatic nitrogens is 2. The van der Waals surface area contributed by atoms with Crippen LogP contribution in [0.15, 0.2) is 79.1 Å². The van der Waals surface area contributed by atoms with Crippen molar-refractivity contribution in [3.05, 3.63) is 106 Å². The molecule has 1 atom stereocenters. The van der Waals surface area contributed by atoms with Gasteiger partial charge in [0.1, 0.15) is 0 Å². The van der Waals surface area contributed by atoms with Crippen LogP contribution in [-0.4, -0.2) is 10.8 Å². The molecule has 0 saturated heterocycles. The summed E-state index contributed by atoms with van der Waals surface area (Å²) in [5.74, 6) is -0.387. The molecule has 27 heavy (non-hydrogen) atoms. The summed E-state index contributed by atoms with van der Waals surface area (Å²) in [6.07, 6.45) is 3.47. The van der Waals surface area contributed by atoms with Crippen molar-refractivity contribution in [1.29, 1.82) is 0 Å². The van der Waals surface area contributed by atoms with E-state index < -0.39 is 0 Å². The van der Waals surface area contributed by atoms with Crippen LogP contribution in [0.3, 0.4) is 0 Å². The fourth-order valence-corrected chi connectivity index (χ4v) is 3.54. The minimum Gasteiger partial charge on any atom is -0.618 e. The number of fused-ring (bicyclic) bond motifs is 1. The highest BCUT2D eigenvalue weighted by Gasteiger charge is 2.25. The molecule has 2 aromatic heterocycles. The van der Waals surface area contributed by atoms with E-state index in [1.165, 1.54) is 6.20 Å². The number of carbonyl (C=O) groups is 1. The maximum absolute atomic E-state index is 12.9. The zero-order chi connectivity index (χ0) is 18.8. The summed E-state index contributed by atoms with van der Waals surface area (Å²) in [6.45, 7) is 0. The van der Waals surface area contributed by atoms with Gasteiger partial charge in [0, 0.05) is 46.6 Å². The number of para-hydroxylation sites is 1. The average Bonchev–Trinajstić information content (AvgIpc) is 3.11. The van der Waals surface area contributed by atoms with Gasteiger partial charge >= 0.3 is 0 Å². The van der Waals surface area contributed by atoms with Gasteiger partial charge in [-0.05, 0) is 35.4 Å². The summed E-state index contributed by atoms with van der Waals surface area (Å²) < 4.78 is 0.622. The Morgan fingerprint density at radius 1 is 1.04 bits per heavy atom. The maximum atomic E-state index is 12.9. The lowest BCUT2D eigenvalue weighted by Crippen LogP contribution is -2.34. The molecule has 0 amide bonds. The van der Waals surface area contributed by atoms with E-state index in [1.54, 1.807) is 18.2 Å². The standard InChI is InChI=1S/C22H17ClN2O2/c23-16-10-8-15(9-11-16)18(13-22(26)21-7-3-4-12-25(21)27)19-14-24-20-6-2-1-5-17(19)20/h1-12,14,18,24H,13H2/t18-/m1/s1. The predicted octanol–water partition coefficient (Wildman–Crippen LogP) is 4.86. The number of halogens is 1. The summed E-state index contributed by atoms with van der Waals surface area (Å²) in [5, 5.41) is 13.7. The van der Waals surface area contributed by atoms with E-state index in [9.17, 15) is 10.0 Å². The van der Waals surface area contributed by atoms with Crippen LogP contribution in [0.25, 0.3) is 10.9 Å². The molecule has 0 spiro atoms. The van der Waals surface area contributed by atoms with Crippen molar-refractivity contribution in [3.8, 4) is 0 Å². The second kappa shape index (κ2) is 7.25. The van der Waals surface area contributed by atoms with Crippen molar-refractivity contribution in [2.24, 2.45) is 0 Å². The summed E-state index contributed by atoms with van der Waals surface area (Å²) >= 11 is 6.04. The molecule has 5 heteroatoms. The Balaban J connectivity index is 1.78. The van der Waals surface area contributed by atoms with Crippen LogP contribution in [-0.2, 0) is 0 Å². The van der Waals surface area contributed by atoms with Crippen LogP contribution >= 0.6 is 11.6 Å². The van der Waals surface area contributed by atoms with Gasteiger partial charge in [-0.3, -0.25) is 4.79 Å². The fourth-order valence-electron chi connectivity index (χ4n) is 3.42. The zero-order valence-electron chi connectivity index (χ0n) is 14.4. The highest BCUT2D eigenvalue weighted by Crippen LogP contribution is 2.34. The third-order valence-corrected chi connectivity index (χ3v) is 5.02. The normalized spacial score (nSPS) is 12.2. The lowest BCUT2D eigenvalue weighted by molar-refractivity contribution is -0.607.